The van der Waals surface area contributed by atoms with Gasteiger partial charge < -0.3 is 5.32 Å². The molecule has 0 saturated heterocycles. The van der Waals surface area contributed by atoms with Gasteiger partial charge in [0.25, 0.3) is 0 Å². The molecule has 2 heterocycles. The van der Waals surface area contributed by atoms with Crippen LogP contribution in [-0.4, -0.2) is 21.3 Å². The molecule has 4 heteroatoms. The van der Waals surface area contributed by atoms with Crippen LogP contribution in [0.5, 0.6) is 0 Å². The first-order valence-electron chi connectivity index (χ1n) is 5.86. The van der Waals surface area contributed by atoms with Crippen molar-refractivity contribution in [2.45, 2.75) is 19.9 Å². The summed E-state index contributed by atoms with van der Waals surface area (Å²) in [5.41, 5.74) is 3.28. The Balaban J connectivity index is 1.73. The molecule has 0 aliphatic rings. The van der Waals surface area contributed by atoms with Gasteiger partial charge in [0.2, 0.25) is 0 Å². The highest BCUT2D eigenvalue weighted by Crippen LogP contribution is 1.98. The van der Waals surface area contributed by atoms with Crippen molar-refractivity contribution >= 4 is 0 Å². The number of hydrogen-bond donors (Lipinski definition) is 1. The van der Waals surface area contributed by atoms with E-state index in [1.165, 1.54) is 0 Å². The topological polar surface area (TPSA) is 42.7 Å². The summed E-state index contributed by atoms with van der Waals surface area (Å²) in [4.78, 5) is 4.44. The van der Waals surface area contributed by atoms with Crippen molar-refractivity contribution in [2.75, 3.05) is 6.54 Å². The summed E-state index contributed by atoms with van der Waals surface area (Å²) in [6.45, 7) is 3.75. The number of hydrogen-bond acceptors (Lipinski definition) is 3. The van der Waals surface area contributed by atoms with Gasteiger partial charge in [-0.05, 0) is 25.1 Å². The fraction of sp³-hybridized carbons (Fsp3) is 0.385. The molecule has 0 spiro atoms. The van der Waals surface area contributed by atoms with Crippen LogP contribution in [0.1, 0.15) is 17.1 Å². The Hall–Kier alpha value is -1.68. The number of nitrogens with zero attached hydrogens (tertiary/aromatic N) is 3. The van der Waals surface area contributed by atoms with E-state index in [-0.39, 0.29) is 0 Å². The van der Waals surface area contributed by atoms with E-state index >= 15 is 0 Å². The molecule has 0 fully saturated rings. The van der Waals surface area contributed by atoms with E-state index in [9.17, 15) is 0 Å². The summed E-state index contributed by atoms with van der Waals surface area (Å²) in [6.07, 6.45) is 2.92. The minimum absolute atomic E-state index is 0.814. The summed E-state index contributed by atoms with van der Waals surface area (Å²) in [5.74, 6) is 0. The number of aryl methyl sites for hydroxylation is 2. The average Bonchev–Trinajstić information content (AvgIpc) is 2.71. The highest BCUT2D eigenvalue weighted by atomic mass is 15.2. The second-order valence-corrected chi connectivity index (χ2v) is 4.18. The number of aromatic nitrogens is 3. The van der Waals surface area contributed by atoms with Crippen LogP contribution in [0.25, 0.3) is 0 Å². The molecule has 0 bridgehead atoms. The lowest BCUT2D eigenvalue weighted by Crippen LogP contribution is -2.17. The molecule has 1 N–H and O–H groups in total. The van der Waals surface area contributed by atoms with Gasteiger partial charge in [0.05, 0.1) is 11.4 Å². The summed E-state index contributed by atoms with van der Waals surface area (Å²) in [6, 6.07) is 8.14. The normalized spacial score (nSPS) is 10.7. The first-order chi connectivity index (χ1) is 8.24. The van der Waals surface area contributed by atoms with Gasteiger partial charge >= 0.3 is 0 Å². The zero-order valence-corrected chi connectivity index (χ0v) is 10.3. The third-order valence-electron chi connectivity index (χ3n) is 2.58. The van der Waals surface area contributed by atoms with Crippen LogP contribution in [0.15, 0.2) is 30.5 Å². The highest BCUT2D eigenvalue weighted by molar-refractivity contribution is 5.09. The van der Waals surface area contributed by atoms with Crippen molar-refractivity contribution in [1.29, 1.82) is 0 Å². The molecule has 90 valence electrons. The Labute approximate surface area is 102 Å². The number of nitrogens with one attached hydrogen (secondary N) is 1. The molecular weight excluding hydrogens is 212 g/mol. The lowest BCUT2D eigenvalue weighted by atomic mass is 10.3. The molecule has 0 amide bonds. The van der Waals surface area contributed by atoms with Gasteiger partial charge in [0.15, 0.2) is 0 Å². The first kappa shape index (κ1) is 11.8. The van der Waals surface area contributed by atoms with Crippen LogP contribution in [0.3, 0.4) is 0 Å². The molecule has 4 nitrogen and oxygen atoms in total. The van der Waals surface area contributed by atoms with E-state index in [0.29, 0.717) is 0 Å². The van der Waals surface area contributed by atoms with Crippen molar-refractivity contribution in [3.63, 3.8) is 0 Å². The summed E-state index contributed by atoms with van der Waals surface area (Å²) in [5, 5.41) is 7.71. The zero-order chi connectivity index (χ0) is 12.1. The van der Waals surface area contributed by atoms with Crippen molar-refractivity contribution in [1.82, 2.24) is 20.1 Å². The van der Waals surface area contributed by atoms with Gasteiger partial charge in [-0.2, -0.15) is 5.10 Å². The molecule has 2 aromatic heterocycles. The van der Waals surface area contributed by atoms with Gasteiger partial charge in [-0.3, -0.25) is 9.67 Å². The lowest BCUT2D eigenvalue weighted by Gasteiger charge is -2.03. The largest absolute Gasteiger partial charge is 0.311 e. The lowest BCUT2D eigenvalue weighted by molar-refractivity contribution is 0.656. The maximum absolute atomic E-state index is 4.44. The number of rotatable bonds is 5. The molecule has 0 unspecified atom stereocenters. The molecule has 17 heavy (non-hydrogen) atoms. The molecule has 0 aliphatic carbocycles. The summed E-state index contributed by atoms with van der Waals surface area (Å²) < 4.78 is 1.83. The van der Waals surface area contributed by atoms with Crippen LogP contribution in [0.2, 0.25) is 0 Å². The Morgan fingerprint density at radius 3 is 2.82 bits per heavy atom. The van der Waals surface area contributed by atoms with Crippen molar-refractivity contribution in [2.24, 2.45) is 7.05 Å². The van der Waals surface area contributed by atoms with E-state index in [2.05, 4.69) is 15.4 Å². The van der Waals surface area contributed by atoms with Gasteiger partial charge in [0, 0.05) is 38.4 Å². The predicted octanol–water partition coefficient (Wildman–Crippen LogP) is 1.46. The molecule has 2 aromatic rings. The van der Waals surface area contributed by atoms with Crippen LogP contribution < -0.4 is 5.32 Å². The first-order valence-corrected chi connectivity index (χ1v) is 5.86. The SMILES string of the molecule is Cc1cccc(CNCCc2ccn(C)n2)n1. The Bertz CT molecular complexity index is 476. The Morgan fingerprint density at radius 2 is 2.12 bits per heavy atom. The van der Waals surface area contributed by atoms with E-state index < -0.39 is 0 Å². The molecule has 2 rings (SSSR count). The molecule has 0 aromatic carbocycles. The quantitative estimate of drug-likeness (QED) is 0.791. The molecule has 0 saturated carbocycles. The monoisotopic (exact) mass is 230 g/mol. The maximum Gasteiger partial charge on any atom is 0.0637 e. The van der Waals surface area contributed by atoms with E-state index in [0.717, 1.165) is 36.6 Å². The molecule has 0 aliphatic heterocycles. The van der Waals surface area contributed by atoms with Gasteiger partial charge in [-0.15, -0.1) is 0 Å². The van der Waals surface area contributed by atoms with Crippen LogP contribution in [0.4, 0.5) is 0 Å². The third-order valence-corrected chi connectivity index (χ3v) is 2.58. The van der Waals surface area contributed by atoms with Crippen molar-refractivity contribution < 1.29 is 0 Å². The molecule has 0 radical (unpaired) electrons. The maximum atomic E-state index is 4.44. The minimum Gasteiger partial charge on any atom is -0.311 e. The standard InChI is InChI=1S/C13H18N4/c1-11-4-3-5-13(15-11)10-14-8-6-12-7-9-17(2)16-12/h3-5,7,9,14H,6,8,10H2,1-2H3. The fourth-order valence-corrected chi connectivity index (χ4v) is 1.73. The minimum atomic E-state index is 0.814. The third kappa shape index (κ3) is 3.67. The van der Waals surface area contributed by atoms with Crippen molar-refractivity contribution in [3.05, 3.63) is 47.5 Å². The van der Waals surface area contributed by atoms with E-state index in [1.807, 2.05) is 49.1 Å². The average molecular weight is 230 g/mol. The molecule has 0 atom stereocenters. The summed E-state index contributed by atoms with van der Waals surface area (Å²) in [7, 11) is 1.94. The van der Waals surface area contributed by atoms with E-state index in [1.54, 1.807) is 0 Å². The Kier molecular flexibility index (Phi) is 3.88. The van der Waals surface area contributed by atoms with Crippen LogP contribution in [-0.2, 0) is 20.0 Å². The predicted molar refractivity (Wildman–Crippen MR) is 67.6 cm³/mol. The van der Waals surface area contributed by atoms with E-state index in [4.69, 9.17) is 0 Å². The second kappa shape index (κ2) is 5.59. The summed E-state index contributed by atoms with van der Waals surface area (Å²) >= 11 is 0. The van der Waals surface area contributed by atoms with Crippen molar-refractivity contribution in [3.8, 4) is 0 Å². The van der Waals surface area contributed by atoms with Gasteiger partial charge in [-0.1, -0.05) is 6.07 Å². The van der Waals surface area contributed by atoms with Crippen LogP contribution >= 0.6 is 0 Å². The fourth-order valence-electron chi connectivity index (χ4n) is 1.73. The molecular formula is C13H18N4. The van der Waals surface area contributed by atoms with Gasteiger partial charge in [0.1, 0.15) is 0 Å². The Morgan fingerprint density at radius 1 is 1.24 bits per heavy atom. The van der Waals surface area contributed by atoms with Crippen LogP contribution in [0, 0.1) is 6.92 Å². The smallest absolute Gasteiger partial charge is 0.0637 e. The van der Waals surface area contributed by atoms with Gasteiger partial charge in [-0.25, -0.2) is 0 Å². The zero-order valence-electron chi connectivity index (χ0n) is 10.3. The highest BCUT2D eigenvalue weighted by Gasteiger charge is 1.97. The second-order valence-electron chi connectivity index (χ2n) is 4.18. The number of pyridine rings is 1.